The zero-order valence-electron chi connectivity index (χ0n) is 10.9. The van der Waals surface area contributed by atoms with E-state index in [9.17, 15) is 4.79 Å². The number of nitrogens with one attached hydrogen (secondary N) is 1. The average molecular weight is 321 g/mol. The fourth-order valence-corrected chi connectivity index (χ4v) is 2.58. The Hall–Kier alpha value is -0.450. The number of carbonyl (C=O) groups is 1. The molecule has 1 heterocycles. The number of amides is 1. The first kappa shape index (κ1) is 16.6. The normalized spacial score (nSPS) is 10.5. The Labute approximate surface area is 128 Å². The minimum Gasteiger partial charge on any atom is -0.352 e. The lowest BCUT2D eigenvalue weighted by Gasteiger charge is -2.06. The lowest BCUT2D eigenvalue weighted by atomic mass is 10.2. The van der Waals surface area contributed by atoms with Crippen LogP contribution in [0.4, 0.5) is 0 Å². The molecule has 0 fully saturated rings. The Bertz CT molecular complexity index is 395. The van der Waals surface area contributed by atoms with Crippen molar-refractivity contribution in [3.8, 4) is 0 Å². The van der Waals surface area contributed by atoms with Gasteiger partial charge in [0.05, 0.1) is 0 Å². The predicted octanol–water partition coefficient (Wildman–Crippen LogP) is 4.04. The molecule has 1 amide bonds. The lowest BCUT2D eigenvalue weighted by Crippen LogP contribution is -2.24. The summed E-state index contributed by atoms with van der Waals surface area (Å²) < 4.78 is 0. The molecule has 6 heteroatoms. The second-order valence-electron chi connectivity index (χ2n) is 4.16. The highest BCUT2D eigenvalue weighted by Crippen LogP contribution is 2.14. The van der Waals surface area contributed by atoms with Crippen molar-refractivity contribution in [2.45, 2.75) is 25.7 Å². The van der Waals surface area contributed by atoms with Gasteiger partial charge in [0.15, 0.2) is 0 Å². The third kappa shape index (κ3) is 7.04. The second kappa shape index (κ2) is 9.45. The zero-order chi connectivity index (χ0) is 14.1. The molecule has 0 atom stereocenters. The highest BCUT2D eigenvalue weighted by molar-refractivity contribution is 7.98. The van der Waals surface area contributed by atoms with Gasteiger partial charge in [0, 0.05) is 12.1 Å². The van der Waals surface area contributed by atoms with Crippen molar-refractivity contribution in [1.29, 1.82) is 0 Å². The van der Waals surface area contributed by atoms with Gasteiger partial charge in [0.25, 0.3) is 5.91 Å². The van der Waals surface area contributed by atoms with Crippen LogP contribution in [-0.2, 0) is 0 Å². The molecule has 0 aliphatic carbocycles. The van der Waals surface area contributed by atoms with Crippen LogP contribution in [0, 0.1) is 0 Å². The summed E-state index contributed by atoms with van der Waals surface area (Å²) in [5.74, 6) is 1.05. The molecule has 0 unspecified atom stereocenters. The summed E-state index contributed by atoms with van der Waals surface area (Å²) in [6.45, 7) is 0.676. The minimum atomic E-state index is -0.157. The number of aromatic nitrogens is 1. The number of pyridine rings is 1. The zero-order valence-corrected chi connectivity index (χ0v) is 13.2. The molecular formula is C13H18Cl2N2OS. The van der Waals surface area contributed by atoms with Crippen LogP contribution in [-0.4, -0.2) is 29.4 Å². The molecule has 0 aliphatic rings. The molecule has 0 aliphatic heterocycles. The number of unbranched alkanes of at least 4 members (excludes halogenated alkanes) is 3. The molecule has 1 aromatic heterocycles. The van der Waals surface area contributed by atoms with Crippen LogP contribution in [0.15, 0.2) is 12.1 Å². The highest BCUT2D eigenvalue weighted by atomic mass is 35.5. The van der Waals surface area contributed by atoms with Crippen molar-refractivity contribution in [2.24, 2.45) is 0 Å². The Kier molecular flexibility index (Phi) is 8.26. The molecule has 1 aromatic rings. The van der Waals surface area contributed by atoms with Gasteiger partial charge in [-0.25, -0.2) is 4.98 Å². The van der Waals surface area contributed by atoms with Crippen LogP contribution in [0.5, 0.6) is 0 Å². The molecular weight excluding hydrogens is 303 g/mol. The van der Waals surface area contributed by atoms with Crippen molar-refractivity contribution in [1.82, 2.24) is 10.3 Å². The maximum atomic E-state index is 11.8. The van der Waals surface area contributed by atoms with E-state index in [0.29, 0.717) is 12.1 Å². The summed E-state index contributed by atoms with van der Waals surface area (Å²) in [6, 6.07) is 3.03. The van der Waals surface area contributed by atoms with E-state index in [2.05, 4.69) is 16.6 Å². The second-order valence-corrected chi connectivity index (χ2v) is 5.92. The van der Waals surface area contributed by atoms with E-state index in [0.717, 1.165) is 12.8 Å². The van der Waals surface area contributed by atoms with Gasteiger partial charge in [-0.05, 0) is 37.0 Å². The molecule has 0 saturated carbocycles. The molecule has 106 valence electrons. The highest BCUT2D eigenvalue weighted by Gasteiger charge is 2.07. The average Bonchev–Trinajstić information content (AvgIpc) is 2.36. The Balaban J connectivity index is 2.24. The van der Waals surface area contributed by atoms with E-state index < -0.39 is 0 Å². The number of halogens is 2. The van der Waals surface area contributed by atoms with Crippen molar-refractivity contribution in [2.75, 3.05) is 18.6 Å². The fraction of sp³-hybridized carbons (Fsp3) is 0.538. The van der Waals surface area contributed by atoms with Gasteiger partial charge >= 0.3 is 0 Å². The molecule has 0 saturated heterocycles. The molecule has 0 aromatic carbocycles. The summed E-state index contributed by atoms with van der Waals surface area (Å²) in [5, 5.41) is 3.32. The Morgan fingerprint density at radius 2 is 1.84 bits per heavy atom. The first-order chi connectivity index (χ1) is 9.13. The van der Waals surface area contributed by atoms with Crippen molar-refractivity contribution in [3.05, 3.63) is 28.0 Å². The van der Waals surface area contributed by atoms with Crippen LogP contribution in [0.1, 0.15) is 36.0 Å². The van der Waals surface area contributed by atoms with Gasteiger partial charge in [-0.3, -0.25) is 4.79 Å². The predicted molar refractivity (Wildman–Crippen MR) is 83.4 cm³/mol. The number of rotatable bonds is 8. The number of hydrogen-bond donors (Lipinski definition) is 1. The number of nitrogens with zero attached hydrogens (tertiary/aromatic N) is 1. The standard InChI is InChI=1S/C13H18Cl2N2OS/c1-19-7-5-3-2-4-6-16-13(18)10-8-11(14)17-12(15)9-10/h8-9H,2-7H2,1H3,(H,16,18). The molecule has 0 bridgehead atoms. The number of hydrogen-bond acceptors (Lipinski definition) is 3. The smallest absolute Gasteiger partial charge is 0.251 e. The van der Waals surface area contributed by atoms with Gasteiger partial charge in [0.1, 0.15) is 10.3 Å². The van der Waals surface area contributed by atoms with Gasteiger partial charge < -0.3 is 5.32 Å². The van der Waals surface area contributed by atoms with Crippen LogP contribution < -0.4 is 5.32 Å². The van der Waals surface area contributed by atoms with Gasteiger partial charge in [-0.1, -0.05) is 36.0 Å². The summed E-state index contributed by atoms with van der Waals surface area (Å²) in [6.07, 6.45) is 6.70. The van der Waals surface area contributed by atoms with Gasteiger partial charge in [-0.2, -0.15) is 11.8 Å². The topological polar surface area (TPSA) is 42.0 Å². The summed E-state index contributed by atoms with van der Waals surface area (Å²) in [5.41, 5.74) is 0.451. The minimum absolute atomic E-state index is 0.157. The number of thioether (sulfide) groups is 1. The first-order valence-corrected chi connectivity index (χ1v) is 8.38. The van der Waals surface area contributed by atoms with E-state index in [4.69, 9.17) is 23.2 Å². The molecule has 19 heavy (non-hydrogen) atoms. The quantitative estimate of drug-likeness (QED) is 0.580. The molecule has 1 rings (SSSR count). The first-order valence-electron chi connectivity index (χ1n) is 6.23. The van der Waals surface area contributed by atoms with Crippen LogP contribution in [0.3, 0.4) is 0 Å². The summed E-state index contributed by atoms with van der Waals surface area (Å²) in [7, 11) is 0. The van der Waals surface area contributed by atoms with E-state index in [1.54, 1.807) is 0 Å². The van der Waals surface area contributed by atoms with Crippen molar-refractivity contribution >= 4 is 40.9 Å². The van der Waals surface area contributed by atoms with Crippen molar-refractivity contribution in [3.63, 3.8) is 0 Å². The largest absolute Gasteiger partial charge is 0.352 e. The Morgan fingerprint density at radius 1 is 1.21 bits per heavy atom. The maximum absolute atomic E-state index is 11.8. The van der Waals surface area contributed by atoms with Gasteiger partial charge in [-0.15, -0.1) is 0 Å². The Morgan fingerprint density at radius 3 is 2.47 bits per heavy atom. The summed E-state index contributed by atoms with van der Waals surface area (Å²) >= 11 is 13.4. The molecule has 0 radical (unpaired) electrons. The van der Waals surface area contributed by atoms with Crippen LogP contribution >= 0.6 is 35.0 Å². The number of carbonyl (C=O) groups excluding carboxylic acids is 1. The monoisotopic (exact) mass is 320 g/mol. The van der Waals surface area contributed by atoms with Crippen molar-refractivity contribution < 1.29 is 4.79 Å². The van der Waals surface area contributed by atoms with Crippen LogP contribution in [0.2, 0.25) is 10.3 Å². The van der Waals surface area contributed by atoms with E-state index >= 15 is 0 Å². The third-order valence-corrected chi connectivity index (χ3v) is 3.67. The van der Waals surface area contributed by atoms with E-state index in [1.165, 1.54) is 30.7 Å². The molecule has 3 nitrogen and oxygen atoms in total. The molecule has 0 spiro atoms. The van der Waals surface area contributed by atoms with Crippen LogP contribution in [0.25, 0.3) is 0 Å². The van der Waals surface area contributed by atoms with Gasteiger partial charge in [0.2, 0.25) is 0 Å². The maximum Gasteiger partial charge on any atom is 0.251 e. The third-order valence-electron chi connectivity index (χ3n) is 2.59. The lowest BCUT2D eigenvalue weighted by molar-refractivity contribution is 0.0953. The fourth-order valence-electron chi connectivity index (χ4n) is 1.62. The SMILES string of the molecule is CSCCCCCCNC(=O)c1cc(Cl)nc(Cl)c1. The summed E-state index contributed by atoms with van der Waals surface area (Å²) in [4.78, 5) is 15.6. The van der Waals surface area contributed by atoms with E-state index in [-0.39, 0.29) is 16.2 Å². The van der Waals surface area contributed by atoms with E-state index in [1.807, 2.05) is 11.8 Å². The molecule has 1 N–H and O–H groups in total.